The normalized spacial score (nSPS) is 12.5. The predicted octanol–water partition coefficient (Wildman–Crippen LogP) is -0.893. The number of hydrogen-bond donors (Lipinski definition) is 2. The van der Waals surface area contributed by atoms with Gasteiger partial charge < -0.3 is 9.84 Å². The Balaban J connectivity index is 3.20. The van der Waals surface area contributed by atoms with Crippen LogP contribution < -0.4 is 5.32 Å². The Bertz CT molecular complexity index is 111. The number of nitrogens with zero attached hydrogens (tertiary/aromatic N) is 1. The van der Waals surface area contributed by atoms with Crippen LogP contribution in [0.15, 0.2) is 0 Å². The van der Waals surface area contributed by atoms with E-state index in [9.17, 15) is 0 Å². The van der Waals surface area contributed by atoms with E-state index in [2.05, 4.69) is 5.32 Å². The van der Waals surface area contributed by atoms with Gasteiger partial charge in [-0.05, 0) is 0 Å². The summed E-state index contributed by atoms with van der Waals surface area (Å²) >= 11 is 0. The summed E-state index contributed by atoms with van der Waals surface area (Å²) in [6.45, 7) is 0.994. The third-order valence-electron chi connectivity index (χ3n) is 1.04. The molecule has 0 radical (unpaired) electrons. The van der Waals surface area contributed by atoms with Crippen molar-refractivity contribution in [2.45, 2.75) is 6.04 Å². The first-order valence-electron chi connectivity index (χ1n) is 3.08. The molecule has 0 amide bonds. The lowest BCUT2D eigenvalue weighted by atomic mass is 10.3. The summed E-state index contributed by atoms with van der Waals surface area (Å²) in [4.78, 5) is 0. The molecule has 0 heterocycles. The van der Waals surface area contributed by atoms with E-state index < -0.39 is 6.04 Å². The largest absolute Gasteiger partial charge is 0.394 e. The van der Waals surface area contributed by atoms with E-state index in [0.29, 0.717) is 13.2 Å². The molecule has 0 fully saturated rings. The quantitative estimate of drug-likeness (QED) is 0.491. The van der Waals surface area contributed by atoms with Gasteiger partial charge in [-0.3, -0.25) is 5.32 Å². The van der Waals surface area contributed by atoms with Crippen LogP contribution in [0.4, 0.5) is 0 Å². The molecule has 0 aromatic heterocycles. The molecule has 0 bridgehead atoms. The van der Waals surface area contributed by atoms with E-state index in [1.807, 2.05) is 6.07 Å². The molecule has 0 spiro atoms. The maximum atomic E-state index is 8.50. The van der Waals surface area contributed by atoms with Crippen LogP contribution in [0.3, 0.4) is 0 Å². The summed E-state index contributed by atoms with van der Waals surface area (Å²) in [5, 5.41) is 19.6. The van der Waals surface area contributed by atoms with Gasteiger partial charge in [-0.25, -0.2) is 0 Å². The summed E-state index contributed by atoms with van der Waals surface area (Å²) in [5.74, 6) is 0. The fraction of sp³-hybridized carbons (Fsp3) is 0.833. The standard InChI is InChI=1S/C6H12N2O2/c1-10-3-2-8-6(4-7)5-9/h6,8-9H,2-3,5H2,1H3. The van der Waals surface area contributed by atoms with Gasteiger partial charge in [0.15, 0.2) is 0 Å². The van der Waals surface area contributed by atoms with Crippen molar-refractivity contribution >= 4 is 0 Å². The highest BCUT2D eigenvalue weighted by atomic mass is 16.5. The first-order valence-corrected chi connectivity index (χ1v) is 3.08. The highest BCUT2D eigenvalue weighted by Crippen LogP contribution is 1.76. The molecule has 4 nitrogen and oxygen atoms in total. The lowest BCUT2D eigenvalue weighted by Crippen LogP contribution is -2.33. The van der Waals surface area contributed by atoms with Crippen LogP contribution in [0.25, 0.3) is 0 Å². The van der Waals surface area contributed by atoms with Crippen molar-refractivity contribution in [3.05, 3.63) is 0 Å². The SMILES string of the molecule is COCCNC(C#N)CO. The molecule has 0 aromatic rings. The zero-order valence-electron chi connectivity index (χ0n) is 6.00. The number of hydrogen-bond acceptors (Lipinski definition) is 4. The average Bonchev–Trinajstić information content (AvgIpc) is 1.99. The molecule has 0 aliphatic rings. The molecule has 0 rings (SSSR count). The van der Waals surface area contributed by atoms with Crippen LogP contribution in [-0.2, 0) is 4.74 Å². The summed E-state index contributed by atoms with van der Waals surface area (Å²) in [5.41, 5.74) is 0. The molecular weight excluding hydrogens is 132 g/mol. The maximum absolute atomic E-state index is 8.50. The average molecular weight is 144 g/mol. The van der Waals surface area contributed by atoms with Crippen LogP contribution in [0.1, 0.15) is 0 Å². The Hall–Kier alpha value is -0.630. The van der Waals surface area contributed by atoms with Gasteiger partial charge in [0.05, 0.1) is 19.3 Å². The predicted molar refractivity (Wildman–Crippen MR) is 36.4 cm³/mol. The highest BCUT2D eigenvalue weighted by Gasteiger charge is 2.01. The Morgan fingerprint density at radius 2 is 2.50 bits per heavy atom. The Labute approximate surface area is 60.4 Å². The molecular formula is C6H12N2O2. The maximum Gasteiger partial charge on any atom is 0.119 e. The molecule has 10 heavy (non-hydrogen) atoms. The molecule has 0 aliphatic heterocycles. The molecule has 1 atom stereocenters. The van der Waals surface area contributed by atoms with Crippen LogP contribution >= 0.6 is 0 Å². The molecule has 1 unspecified atom stereocenters. The molecule has 0 aromatic carbocycles. The van der Waals surface area contributed by atoms with Crippen molar-refractivity contribution < 1.29 is 9.84 Å². The first-order chi connectivity index (χ1) is 4.85. The molecule has 0 saturated heterocycles. The number of aliphatic hydroxyl groups is 1. The number of aliphatic hydroxyl groups excluding tert-OH is 1. The van der Waals surface area contributed by atoms with E-state index in [1.165, 1.54) is 0 Å². The smallest absolute Gasteiger partial charge is 0.119 e. The molecule has 4 heteroatoms. The van der Waals surface area contributed by atoms with Crippen molar-refractivity contribution in [1.82, 2.24) is 5.32 Å². The summed E-state index contributed by atoms with van der Waals surface area (Å²) in [6.07, 6.45) is 0. The van der Waals surface area contributed by atoms with E-state index in [4.69, 9.17) is 15.1 Å². The van der Waals surface area contributed by atoms with Crippen molar-refractivity contribution in [3.8, 4) is 6.07 Å². The molecule has 0 aliphatic carbocycles. The van der Waals surface area contributed by atoms with E-state index >= 15 is 0 Å². The number of ether oxygens (including phenoxy) is 1. The summed E-state index contributed by atoms with van der Waals surface area (Å²) < 4.78 is 4.73. The minimum Gasteiger partial charge on any atom is -0.394 e. The summed E-state index contributed by atoms with van der Waals surface area (Å²) in [6, 6.07) is 1.43. The topological polar surface area (TPSA) is 65.3 Å². The van der Waals surface area contributed by atoms with Gasteiger partial charge in [0.25, 0.3) is 0 Å². The van der Waals surface area contributed by atoms with Gasteiger partial charge >= 0.3 is 0 Å². The van der Waals surface area contributed by atoms with E-state index in [0.717, 1.165) is 0 Å². The van der Waals surface area contributed by atoms with Gasteiger partial charge in [-0.2, -0.15) is 5.26 Å². The zero-order chi connectivity index (χ0) is 7.82. The summed E-state index contributed by atoms with van der Waals surface area (Å²) in [7, 11) is 1.59. The van der Waals surface area contributed by atoms with Crippen LogP contribution in [-0.4, -0.2) is 38.0 Å². The monoisotopic (exact) mass is 144 g/mol. The lowest BCUT2D eigenvalue weighted by molar-refractivity contribution is 0.190. The Morgan fingerprint density at radius 1 is 1.80 bits per heavy atom. The zero-order valence-corrected chi connectivity index (χ0v) is 6.00. The minimum atomic E-state index is -0.463. The van der Waals surface area contributed by atoms with Crippen LogP contribution in [0, 0.1) is 11.3 Å². The lowest BCUT2D eigenvalue weighted by Gasteiger charge is -2.06. The third kappa shape index (κ3) is 4.27. The van der Waals surface area contributed by atoms with E-state index in [1.54, 1.807) is 7.11 Å². The Morgan fingerprint density at radius 3 is 2.90 bits per heavy atom. The molecule has 2 N–H and O–H groups in total. The second kappa shape index (κ2) is 6.49. The van der Waals surface area contributed by atoms with Gasteiger partial charge in [0.1, 0.15) is 6.04 Å². The van der Waals surface area contributed by atoms with Gasteiger partial charge in [-0.1, -0.05) is 0 Å². The first kappa shape index (κ1) is 9.37. The van der Waals surface area contributed by atoms with Gasteiger partial charge in [-0.15, -0.1) is 0 Å². The van der Waals surface area contributed by atoms with Crippen molar-refractivity contribution in [2.75, 3.05) is 26.9 Å². The fourth-order valence-electron chi connectivity index (χ4n) is 0.486. The van der Waals surface area contributed by atoms with E-state index in [-0.39, 0.29) is 6.61 Å². The van der Waals surface area contributed by atoms with Gasteiger partial charge in [0.2, 0.25) is 0 Å². The van der Waals surface area contributed by atoms with Gasteiger partial charge in [0, 0.05) is 13.7 Å². The fourth-order valence-corrected chi connectivity index (χ4v) is 0.486. The number of rotatable bonds is 5. The minimum absolute atomic E-state index is 0.153. The molecule has 0 saturated carbocycles. The second-order valence-corrected chi connectivity index (χ2v) is 1.81. The number of nitriles is 1. The van der Waals surface area contributed by atoms with Crippen LogP contribution in [0.5, 0.6) is 0 Å². The third-order valence-corrected chi connectivity index (χ3v) is 1.04. The molecule has 58 valence electrons. The van der Waals surface area contributed by atoms with Crippen molar-refractivity contribution in [1.29, 1.82) is 5.26 Å². The van der Waals surface area contributed by atoms with Crippen molar-refractivity contribution in [3.63, 3.8) is 0 Å². The van der Waals surface area contributed by atoms with Crippen molar-refractivity contribution in [2.24, 2.45) is 0 Å². The second-order valence-electron chi connectivity index (χ2n) is 1.81. The Kier molecular flexibility index (Phi) is 6.08. The highest BCUT2D eigenvalue weighted by molar-refractivity contribution is 4.88. The van der Waals surface area contributed by atoms with Crippen LogP contribution in [0.2, 0.25) is 0 Å². The number of methoxy groups -OCH3 is 1. The number of nitrogens with one attached hydrogen (secondary N) is 1.